The van der Waals surface area contributed by atoms with Crippen LogP contribution in [0, 0.1) is 0 Å². The third kappa shape index (κ3) is 2.30. The molecule has 0 aromatic carbocycles. The molecule has 0 amide bonds. The topological polar surface area (TPSA) is 55.4 Å². The summed E-state index contributed by atoms with van der Waals surface area (Å²) in [5.41, 5.74) is 0. The highest BCUT2D eigenvalue weighted by Gasteiger charge is 2.53. The van der Waals surface area contributed by atoms with E-state index in [2.05, 4.69) is 0 Å². The summed E-state index contributed by atoms with van der Waals surface area (Å²) in [6, 6.07) is 0. The molecule has 0 aromatic rings. The van der Waals surface area contributed by atoms with Crippen LogP contribution in [0.25, 0.3) is 0 Å². The first kappa shape index (κ1) is 12.8. The summed E-state index contributed by atoms with van der Waals surface area (Å²) >= 11 is 0. The lowest BCUT2D eigenvalue weighted by Crippen LogP contribution is -2.56. The second-order valence-corrected chi connectivity index (χ2v) is 3.02. The highest BCUT2D eigenvalue weighted by Crippen LogP contribution is 2.31. The maximum Gasteiger partial charge on any atom is 0.273 e. The largest absolute Gasteiger partial charge is 0.351 e. The lowest BCUT2D eigenvalue weighted by atomic mass is 10.2. The predicted octanol–water partition coefficient (Wildman–Crippen LogP) is -0.0327. The summed E-state index contributed by atoms with van der Waals surface area (Å²) in [6.07, 6.45) is -1.41. The van der Waals surface area contributed by atoms with Crippen molar-refractivity contribution in [3.8, 4) is 0 Å². The molecule has 1 saturated heterocycles. The van der Waals surface area contributed by atoms with E-state index in [1.54, 1.807) is 0 Å². The Kier molecular flexibility index (Phi) is 4.91. The highest BCUT2D eigenvalue weighted by molar-refractivity contribution is 4.82. The Morgan fingerprint density at radius 1 is 0.800 bits per heavy atom. The first-order valence-corrected chi connectivity index (χ1v) is 4.64. The van der Waals surface area contributed by atoms with Crippen LogP contribution in [-0.2, 0) is 28.4 Å². The number of hydrogen-bond acceptors (Lipinski definition) is 6. The highest BCUT2D eigenvalue weighted by atomic mass is 16.8. The van der Waals surface area contributed by atoms with E-state index in [-0.39, 0.29) is 0 Å². The van der Waals surface area contributed by atoms with Crippen molar-refractivity contribution in [3.63, 3.8) is 0 Å². The van der Waals surface area contributed by atoms with E-state index < -0.39 is 18.4 Å². The molecule has 0 atom stereocenters. The molecule has 0 N–H and O–H groups in total. The first-order chi connectivity index (χ1) is 7.25. The van der Waals surface area contributed by atoms with E-state index in [0.29, 0.717) is 13.2 Å². The zero-order valence-corrected chi connectivity index (χ0v) is 9.52. The molecule has 0 saturated carbocycles. The molecule has 6 heteroatoms. The van der Waals surface area contributed by atoms with Gasteiger partial charge in [0.15, 0.2) is 0 Å². The van der Waals surface area contributed by atoms with Crippen LogP contribution in [0.2, 0.25) is 0 Å². The smallest absolute Gasteiger partial charge is 0.273 e. The van der Waals surface area contributed by atoms with Gasteiger partial charge in [-0.2, -0.15) is 0 Å². The van der Waals surface area contributed by atoms with Gasteiger partial charge in [-0.3, -0.25) is 0 Å². The van der Waals surface area contributed by atoms with Gasteiger partial charge in [-0.05, 0) is 0 Å². The number of hydrogen-bond donors (Lipinski definition) is 0. The molecule has 0 bridgehead atoms. The van der Waals surface area contributed by atoms with Crippen LogP contribution in [0.4, 0.5) is 0 Å². The molecule has 15 heavy (non-hydrogen) atoms. The summed E-state index contributed by atoms with van der Waals surface area (Å²) in [6.45, 7) is 0.902. The first-order valence-electron chi connectivity index (χ1n) is 4.64. The van der Waals surface area contributed by atoms with Gasteiger partial charge in [0.1, 0.15) is 0 Å². The van der Waals surface area contributed by atoms with Gasteiger partial charge in [0.05, 0.1) is 13.2 Å². The normalized spacial score (nSPS) is 20.4. The summed E-state index contributed by atoms with van der Waals surface area (Å²) in [5.74, 6) is -1.16. The van der Waals surface area contributed by atoms with Gasteiger partial charge < -0.3 is 28.4 Å². The lowest BCUT2D eigenvalue weighted by Gasteiger charge is -2.37. The minimum atomic E-state index is -1.16. The number of rotatable bonds is 6. The molecule has 0 unspecified atom stereocenters. The van der Waals surface area contributed by atoms with E-state index in [0.717, 1.165) is 0 Å². The molecule has 1 heterocycles. The molecule has 1 aliphatic rings. The van der Waals surface area contributed by atoms with Crippen LogP contribution in [0.15, 0.2) is 0 Å². The van der Waals surface area contributed by atoms with Gasteiger partial charge in [0.25, 0.3) is 5.79 Å². The van der Waals surface area contributed by atoms with Crippen LogP contribution in [0.1, 0.15) is 0 Å². The molecule has 1 rings (SSSR count). The number of methoxy groups -OCH3 is 4. The van der Waals surface area contributed by atoms with E-state index in [9.17, 15) is 0 Å². The van der Waals surface area contributed by atoms with Crippen molar-refractivity contribution in [3.05, 3.63) is 0 Å². The van der Waals surface area contributed by atoms with Crippen molar-refractivity contribution >= 4 is 0 Å². The molecular formula is C9H18O6. The predicted molar refractivity (Wildman–Crippen MR) is 50.2 cm³/mol. The Balaban J connectivity index is 2.85. The van der Waals surface area contributed by atoms with Crippen molar-refractivity contribution in [2.75, 3.05) is 41.7 Å². The maximum absolute atomic E-state index is 5.51. The minimum absolute atomic E-state index is 0.451. The average Bonchev–Trinajstić information content (AvgIpc) is 2.72. The zero-order chi connectivity index (χ0) is 11.3. The lowest BCUT2D eigenvalue weighted by molar-refractivity contribution is -0.377. The standard InChI is InChI=1S/C9H18O6/c1-10-7(11-2)9(8(12-3)13-4)14-5-6-15-9/h7-8H,5-6H2,1-4H3. The Bertz CT molecular complexity index is 157. The Labute approximate surface area is 89.3 Å². The second kappa shape index (κ2) is 5.74. The summed E-state index contributed by atoms with van der Waals surface area (Å²) in [7, 11) is 6.01. The van der Waals surface area contributed by atoms with Crippen LogP contribution >= 0.6 is 0 Å². The van der Waals surface area contributed by atoms with Gasteiger partial charge in [0.2, 0.25) is 12.6 Å². The fraction of sp³-hybridized carbons (Fsp3) is 1.00. The van der Waals surface area contributed by atoms with E-state index in [1.807, 2.05) is 0 Å². The average molecular weight is 222 g/mol. The van der Waals surface area contributed by atoms with Gasteiger partial charge in [-0.25, -0.2) is 0 Å². The van der Waals surface area contributed by atoms with E-state index >= 15 is 0 Å². The second-order valence-electron chi connectivity index (χ2n) is 3.02. The van der Waals surface area contributed by atoms with Crippen molar-refractivity contribution in [1.82, 2.24) is 0 Å². The monoisotopic (exact) mass is 222 g/mol. The molecule has 0 radical (unpaired) electrons. The Morgan fingerprint density at radius 3 is 1.40 bits per heavy atom. The molecule has 0 aromatic heterocycles. The van der Waals surface area contributed by atoms with Gasteiger partial charge in [-0.1, -0.05) is 0 Å². The molecule has 1 aliphatic heterocycles. The van der Waals surface area contributed by atoms with Crippen LogP contribution in [-0.4, -0.2) is 60.0 Å². The Morgan fingerprint density at radius 2 is 1.13 bits per heavy atom. The van der Waals surface area contributed by atoms with Crippen LogP contribution in [0.3, 0.4) is 0 Å². The van der Waals surface area contributed by atoms with Crippen molar-refractivity contribution < 1.29 is 28.4 Å². The van der Waals surface area contributed by atoms with Crippen molar-refractivity contribution in [2.24, 2.45) is 0 Å². The summed E-state index contributed by atoms with van der Waals surface area (Å²) < 4.78 is 31.6. The van der Waals surface area contributed by atoms with E-state index in [4.69, 9.17) is 28.4 Å². The van der Waals surface area contributed by atoms with Crippen molar-refractivity contribution in [1.29, 1.82) is 0 Å². The minimum Gasteiger partial charge on any atom is -0.351 e. The van der Waals surface area contributed by atoms with Crippen molar-refractivity contribution in [2.45, 2.75) is 18.4 Å². The molecule has 90 valence electrons. The zero-order valence-electron chi connectivity index (χ0n) is 9.52. The molecular weight excluding hydrogens is 204 g/mol. The summed E-state index contributed by atoms with van der Waals surface area (Å²) in [4.78, 5) is 0. The van der Waals surface area contributed by atoms with Gasteiger partial charge in [-0.15, -0.1) is 0 Å². The summed E-state index contributed by atoms with van der Waals surface area (Å²) in [5, 5.41) is 0. The fourth-order valence-corrected chi connectivity index (χ4v) is 1.68. The molecule has 0 aliphatic carbocycles. The third-order valence-electron chi connectivity index (χ3n) is 2.25. The Hall–Kier alpha value is -0.240. The SMILES string of the molecule is COC(OC)C1(C(OC)OC)OCCO1. The van der Waals surface area contributed by atoms with Crippen LogP contribution in [0.5, 0.6) is 0 Å². The van der Waals surface area contributed by atoms with Gasteiger partial charge in [0, 0.05) is 28.4 Å². The van der Waals surface area contributed by atoms with Crippen LogP contribution < -0.4 is 0 Å². The molecule has 6 nitrogen and oxygen atoms in total. The van der Waals surface area contributed by atoms with E-state index in [1.165, 1.54) is 28.4 Å². The fourth-order valence-electron chi connectivity index (χ4n) is 1.68. The molecule has 1 fully saturated rings. The third-order valence-corrected chi connectivity index (χ3v) is 2.25. The molecule has 0 spiro atoms. The quantitative estimate of drug-likeness (QED) is 0.588. The van der Waals surface area contributed by atoms with Gasteiger partial charge >= 0.3 is 0 Å². The number of ether oxygens (including phenoxy) is 6. The maximum atomic E-state index is 5.51.